The van der Waals surface area contributed by atoms with E-state index in [2.05, 4.69) is 50.5 Å². The Kier molecular flexibility index (Phi) is 22.6. The predicted octanol–water partition coefficient (Wildman–Crippen LogP) is 4.68. The molecule has 0 fully saturated rings. The molecule has 0 aromatic heterocycles. The van der Waals surface area contributed by atoms with Crippen molar-refractivity contribution < 1.29 is 14.3 Å². The van der Waals surface area contributed by atoms with Crippen molar-refractivity contribution in [1.82, 2.24) is 10.6 Å². The van der Waals surface area contributed by atoms with Crippen LogP contribution < -0.4 is 10.6 Å². The number of hydrogen-bond acceptors (Lipinski definition) is 7. The number of carbonyl (C=O) groups excluding carboxylic acids is 1. The summed E-state index contributed by atoms with van der Waals surface area (Å²) < 4.78 is 11.1. The largest absolute Gasteiger partial charge is 0.376 e. The molecule has 0 rings (SSSR count). The van der Waals surface area contributed by atoms with Gasteiger partial charge in [0, 0.05) is 37.9 Å². The third-order valence-electron chi connectivity index (χ3n) is 4.57. The molecule has 0 aromatic rings. The van der Waals surface area contributed by atoms with E-state index < -0.39 is 0 Å². The molecule has 7 heteroatoms. The molecule has 0 heterocycles. The van der Waals surface area contributed by atoms with Crippen LogP contribution >= 0.6 is 21.6 Å². The van der Waals surface area contributed by atoms with E-state index in [0.717, 1.165) is 44.1 Å². The molecule has 2 atom stereocenters. The van der Waals surface area contributed by atoms with Gasteiger partial charge in [0.1, 0.15) is 11.7 Å². The lowest BCUT2D eigenvalue weighted by Gasteiger charge is -2.10. The Morgan fingerprint density at radius 2 is 1.86 bits per heavy atom. The molecule has 0 radical (unpaired) electrons. The molecule has 0 aliphatic heterocycles. The predicted molar refractivity (Wildman–Crippen MR) is 130 cm³/mol. The highest BCUT2D eigenvalue weighted by atomic mass is 33.1. The SMILES string of the molecule is CCC(C)/C=C/COCCNCC(=O)CCCCOCSSCCNC(C)CC. The number of unbranched alkanes of at least 4 members (excludes halogenated alkanes) is 1. The van der Waals surface area contributed by atoms with Crippen LogP contribution in [0.2, 0.25) is 0 Å². The number of ketones is 1. The third-order valence-corrected chi connectivity index (χ3v) is 6.66. The fourth-order valence-electron chi connectivity index (χ4n) is 2.24. The second kappa shape index (κ2) is 22.6. The number of nitrogens with one attached hydrogen (secondary N) is 2. The van der Waals surface area contributed by atoms with Crippen LogP contribution in [0.1, 0.15) is 59.8 Å². The van der Waals surface area contributed by atoms with Crippen LogP contribution in [-0.2, 0) is 14.3 Å². The summed E-state index contributed by atoms with van der Waals surface area (Å²) in [5.41, 5.74) is 0. The van der Waals surface area contributed by atoms with E-state index >= 15 is 0 Å². The van der Waals surface area contributed by atoms with E-state index in [9.17, 15) is 4.79 Å². The van der Waals surface area contributed by atoms with E-state index in [1.807, 2.05) is 10.8 Å². The Bertz CT molecular complexity index is 398. The van der Waals surface area contributed by atoms with Gasteiger partial charge in [-0.1, -0.05) is 60.9 Å². The molecule has 0 spiro atoms. The van der Waals surface area contributed by atoms with Crippen LogP contribution in [0.25, 0.3) is 0 Å². The Balaban J connectivity index is 3.25. The van der Waals surface area contributed by atoms with Gasteiger partial charge in [-0.15, -0.1) is 0 Å². The second-order valence-electron chi connectivity index (χ2n) is 7.29. The molecular weight excluding hydrogens is 404 g/mol. The minimum Gasteiger partial charge on any atom is -0.376 e. The molecule has 0 aromatic carbocycles. The Labute approximate surface area is 187 Å². The fourth-order valence-corrected chi connectivity index (χ4v) is 3.82. The average Bonchev–Trinajstić information content (AvgIpc) is 2.73. The number of ether oxygens (including phenoxy) is 2. The van der Waals surface area contributed by atoms with Gasteiger partial charge in [0.25, 0.3) is 0 Å². The summed E-state index contributed by atoms with van der Waals surface area (Å²) in [5, 5.41) is 6.63. The summed E-state index contributed by atoms with van der Waals surface area (Å²) in [7, 11) is 3.61. The minimum absolute atomic E-state index is 0.264. The first-order valence-corrected chi connectivity index (χ1v) is 13.6. The van der Waals surface area contributed by atoms with Crippen LogP contribution in [-0.4, -0.2) is 63.0 Å². The van der Waals surface area contributed by atoms with Crippen LogP contribution in [0.15, 0.2) is 12.2 Å². The van der Waals surface area contributed by atoms with Crippen molar-refractivity contribution in [2.45, 2.75) is 65.8 Å². The van der Waals surface area contributed by atoms with Crippen LogP contribution in [0.5, 0.6) is 0 Å². The molecule has 0 aliphatic rings. The van der Waals surface area contributed by atoms with Gasteiger partial charge in [-0.25, -0.2) is 0 Å². The zero-order chi connectivity index (χ0) is 21.6. The van der Waals surface area contributed by atoms with Gasteiger partial charge in [-0.05, 0) is 32.1 Å². The van der Waals surface area contributed by atoms with E-state index in [1.54, 1.807) is 10.8 Å². The molecule has 0 aliphatic carbocycles. The highest BCUT2D eigenvalue weighted by Gasteiger charge is 2.01. The first kappa shape index (κ1) is 28.9. The summed E-state index contributed by atoms with van der Waals surface area (Å²) in [6.45, 7) is 13.0. The Morgan fingerprint density at radius 3 is 2.62 bits per heavy atom. The molecule has 172 valence electrons. The smallest absolute Gasteiger partial charge is 0.146 e. The van der Waals surface area contributed by atoms with Gasteiger partial charge in [-0.2, -0.15) is 0 Å². The summed E-state index contributed by atoms with van der Waals surface area (Å²) in [6.07, 6.45) is 9.05. The van der Waals surface area contributed by atoms with Gasteiger partial charge in [0.2, 0.25) is 0 Å². The van der Waals surface area contributed by atoms with Crippen molar-refractivity contribution in [3.05, 3.63) is 12.2 Å². The third kappa shape index (κ3) is 22.5. The van der Waals surface area contributed by atoms with Gasteiger partial charge >= 0.3 is 0 Å². The standard InChI is InChI=1S/C22H44N2O3S2/c1-5-20(3)10-9-15-26-16-12-23-18-22(25)11-7-8-14-27-19-29-28-17-13-24-21(4)6-2/h9-10,20-21,23-24H,5-8,11-19H2,1-4H3/b10-9+. The summed E-state index contributed by atoms with van der Waals surface area (Å²) in [4.78, 5) is 11.8. The number of Topliss-reactive ketones (excluding diaryl/α,β-unsaturated/α-hetero) is 1. The normalized spacial score (nSPS) is 13.8. The summed E-state index contributed by atoms with van der Waals surface area (Å²) in [5.74, 6) is 2.69. The monoisotopic (exact) mass is 448 g/mol. The van der Waals surface area contributed by atoms with Crippen LogP contribution in [0.4, 0.5) is 0 Å². The average molecular weight is 449 g/mol. The highest BCUT2D eigenvalue weighted by molar-refractivity contribution is 8.76. The second-order valence-corrected chi connectivity index (χ2v) is 9.82. The first-order valence-electron chi connectivity index (χ1n) is 11.1. The lowest BCUT2D eigenvalue weighted by Crippen LogP contribution is -2.27. The van der Waals surface area contributed by atoms with E-state index in [-0.39, 0.29) is 5.78 Å². The number of carbonyl (C=O) groups is 1. The molecule has 2 unspecified atom stereocenters. The number of allylic oxidation sites excluding steroid dienone is 1. The number of hydrogen-bond donors (Lipinski definition) is 2. The van der Waals surface area contributed by atoms with E-state index in [0.29, 0.717) is 44.7 Å². The maximum Gasteiger partial charge on any atom is 0.146 e. The topological polar surface area (TPSA) is 59.6 Å². The molecule has 0 amide bonds. The summed E-state index contributed by atoms with van der Waals surface area (Å²) in [6, 6.07) is 0.602. The van der Waals surface area contributed by atoms with Crippen molar-refractivity contribution in [3.8, 4) is 0 Å². The van der Waals surface area contributed by atoms with Gasteiger partial charge < -0.3 is 20.1 Å². The lowest BCUT2D eigenvalue weighted by molar-refractivity contribution is -0.118. The minimum atomic E-state index is 0.264. The first-order chi connectivity index (χ1) is 14.1. The van der Waals surface area contributed by atoms with Gasteiger partial charge in [-0.3, -0.25) is 4.79 Å². The lowest BCUT2D eigenvalue weighted by atomic mass is 10.1. The highest BCUT2D eigenvalue weighted by Crippen LogP contribution is 2.20. The zero-order valence-electron chi connectivity index (χ0n) is 19.0. The zero-order valence-corrected chi connectivity index (χ0v) is 20.7. The van der Waals surface area contributed by atoms with Crippen molar-refractivity contribution >= 4 is 27.4 Å². The quantitative estimate of drug-likeness (QED) is 0.108. The maximum atomic E-state index is 11.8. The fraction of sp³-hybridized carbons (Fsp3) is 0.864. The van der Waals surface area contributed by atoms with E-state index in [1.165, 1.54) is 6.42 Å². The van der Waals surface area contributed by atoms with E-state index in [4.69, 9.17) is 9.47 Å². The number of rotatable bonds is 22. The van der Waals surface area contributed by atoms with Crippen LogP contribution in [0, 0.1) is 5.92 Å². The molecule has 2 N–H and O–H groups in total. The van der Waals surface area contributed by atoms with Gasteiger partial charge in [0.05, 0.1) is 19.8 Å². The molecule has 0 saturated heterocycles. The van der Waals surface area contributed by atoms with Crippen molar-refractivity contribution in [2.24, 2.45) is 5.92 Å². The molecular formula is C22H44N2O3S2. The molecule has 0 saturated carbocycles. The Morgan fingerprint density at radius 1 is 1.03 bits per heavy atom. The molecule has 0 bridgehead atoms. The van der Waals surface area contributed by atoms with Crippen molar-refractivity contribution in [2.75, 3.05) is 51.1 Å². The molecule has 29 heavy (non-hydrogen) atoms. The van der Waals surface area contributed by atoms with Crippen LogP contribution in [0.3, 0.4) is 0 Å². The van der Waals surface area contributed by atoms with Crippen molar-refractivity contribution in [3.63, 3.8) is 0 Å². The van der Waals surface area contributed by atoms with Crippen molar-refractivity contribution in [1.29, 1.82) is 0 Å². The summed E-state index contributed by atoms with van der Waals surface area (Å²) >= 11 is 0. The Hall–Kier alpha value is -0.0500. The van der Waals surface area contributed by atoms with Gasteiger partial charge in [0.15, 0.2) is 0 Å². The maximum absolute atomic E-state index is 11.8. The molecule has 5 nitrogen and oxygen atoms in total.